The van der Waals surface area contributed by atoms with Crippen molar-refractivity contribution in [2.45, 2.75) is 63.7 Å². The predicted molar refractivity (Wildman–Crippen MR) is 84.5 cm³/mol. The molecule has 0 amide bonds. The molecule has 1 heterocycles. The average Bonchev–Trinajstić information content (AvgIpc) is 2.45. The Morgan fingerprint density at radius 1 is 1.19 bits per heavy atom. The number of benzene rings is 1. The third kappa shape index (κ3) is 3.58. The first kappa shape index (κ1) is 14.9. The van der Waals surface area contributed by atoms with Gasteiger partial charge in [0.2, 0.25) is 0 Å². The fraction of sp³-hybridized carbons (Fsp3) is 0.667. The first-order valence-electron chi connectivity index (χ1n) is 8.23. The van der Waals surface area contributed by atoms with Gasteiger partial charge in [0.15, 0.2) is 0 Å². The number of aliphatic hydroxyl groups is 1. The van der Waals surface area contributed by atoms with E-state index < -0.39 is 0 Å². The second-order valence-electron chi connectivity index (χ2n) is 7.24. The van der Waals surface area contributed by atoms with Gasteiger partial charge in [-0.05, 0) is 58.1 Å². The molecule has 1 atom stereocenters. The number of para-hydroxylation sites is 1. The number of ether oxygens (including phenoxy) is 1. The second-order valence-corrected chi connectivity index (χ2v) is 7.24. The van der Waals surface area contributed by atoms with Crippen molar-refractivity contribution in [2.24, 2.45) is 5.92 Å². The summed E-state index contributed by atoms with van der Waals surface area (Å²) < 4.78 is 6.08. The van der Waals surface area contributed by atoms with Gasteiger partial charge in [-0.15, -0.1) is 0 Å². The molecule has 0 saturated heterocycles. The summed E-state index contributed by atoms with van der Waals surface area (Å²) in [5, 5.41) is 13.4. The molecular weight excluding hydrogens is 262 g/mol. The van der Waals surface area contributed by atoms with Crippen molar-refractivity contribution in [3.05, 3.63) is 29.8 Å². The van der Waals surface area contributed by atoms with Gasteiger partial charge in [-0.25, -0.2) is 0 Å². The summed E-state index contributed by atoms with van der Waals surface area (Å²) in [6, 6.07) is 8.75. The Hall–Kier alpha value is -1.06. The minimum Gasteiger partial charge on any atom is -0.487 e. The highest BCUT2D eigenvalue weighted by Crippen LogP contribution is 2.39. The van der Waals surface area contributed by atoms with Crippen LogP contribution in [0.1, 0.15) is 57.6 Å². The molecule has 3 heteroatoms. The highest BCUT2D eigenvalue weighted by atomic mass is 16.5. The Kier molecular flexibility index (Phi) is 4.23. The Bertz CT molecular complexity index is 478. The van der Waals surface area contributed by atoms with E-state index in [0.717, 1.165) is 44.4 Å². The average molecular weight is 289 g/mol. The minimum absolute atomic E-state index is 0.0658. The van der Waals surface area contributed by atoms with Crippen molar-refractivity contribution in [1.82, 2.24) is 5.32 Å². The molecule has 1 aromatic carbocycles. The lowest BCUT2D eigenvalue weighted by Gasteiger charge is -2.39. The molecule has 116 valence electrons. The Labute approximate surface area is 127 Å². The van der Waals surface area contributed by atoms with Crippen LogP contribution in [0, 0.1) is 5.92 Å². The van der Waals surface area contributed by atoms with Crippen molar-refractivity contribution < 1.29 is 9.84 Å². The lowest BCUT2D eigenvalue weighted by molar-refractivity contribution is 0.0631. The number of aliphatic hydroxyl groups excluding tert-OH is 1. The Balaban J connectivity index is 1.65. The molecule has 0 radical (unpaired) electrons. The lowest BCUT2D eigenvalue weighted by Crippen LogP contribution is -2.41. The quantitative estimate of drug-likeness (QED) is 0.896. The fourth-order valence-corrected chi connectivity index (χ4v) is 3.64. The summed E-state index contributed by atoms with van der Waals surface area (Å²) in [7, 11) is 0. The lowest BCUT2D eigenvalue weighted by atomic mass is 9.86. The first-order valence-corrected chi connectivity index (χ1v) is 8.23. The van der Waals surface area contributed by atoms with Crippen LogP contribution in [-0.4, -0.2) is 23.4 Å². The van der Waals surface area contributed by atoms with Gasteiger partial charge in [-0.3, -0.25) is 0 Å². The molecule has 2 N–H and O–H groups in total. The van der Waals surface area contributed by atoms with Gasteiger partial charge in [0.05, 0.1) is 6.10 Å². The molecule has 1 aromatic rings. The molecular formula is C18H27NO2. The number of hydrogen-bond acceptors (Lipinski definition) is 3. The van der Waals surface area contributed by atoms with E-state index in [1.807, 2.05) is 6.07 Å². The van der Waals surface area contributed by atoms with E-state index in [9.17, 15) is 5.11 Å². The van der Waals surface area contributed by atoms with Crippen molar-refractivity contribution in [3.63, 3.8) is 0 Å². The molecule has 0 aromatic heterocycles. The molecule has 0 spiro atoms. The molecule has 1 fully saturated rings. The van der Waals surface area contributed by atoms with Crippen LogP contribution < -0.4 is 10.1 Å². The molecule has 3 nitrogen and oxygen atoms in total. The topological polar surface area (TPSA) is 41.5 Å². The van der Waals surface area contributed by atoms with Gasteiger partial charge < -0.3 is 15.2 Å². The van der Waals surface area contributed by atoms with E-state index in [-0.39, 0.29) is 11.7 Å². The fourth-order valence-electron chi connectivity index (χ4n) is 3.64. The van der Waals surface area contributed by atoms with Crippen LogP contribution in [0.4, 0.5) is 0 Å². The smallest absolute Gasteiger partial charge is 0.124 e. The first-order chi connectivity index (χ1) is 10.0. The summed E-state index contributed by atoms with van der Waals surface area (Å²) in [5.74, 6) is 1.72. The molecule has 3 rings (SSSR count). The largest absolute Gasteiger partial charge is 0.487 e. The maximum atomic E-state index is 9.61. The van der Waals surface area contributed by atoms with Crippen LogP contribution in [0.25, 0.3) is 0 Å². The molecule has 1 aliphatic carbocycles. The van der Waals surface area contributed by atoms with Crippen molar-refractivity contribution >= 4 is 0 Å². The number of rotatable bonds is 3. The zero-order valence-corrected chi connectivity index (χ0v) is 13.1. The van der Waals surface area contributed by atoms with E-state index in [1.165, 1.54) is 5.56 Å². The Morgan fingerprint density at radius 2 is 1.90 bits per heavy atom. The maximum absolute atomic E-state index is 9.61. The van der Waals surface area contributed by atoms with Crippen LogP contribution in [0.15, 0.2) is 24.3 Å². The van der Waals surface area contributed by atoms with Crippen LogP contribution >= 0.6 is 0 Å². The highest BCUT2D eigenvalue weighted by Gasteiger charge is 2.33. The van der Waals surface area contributed by atoms with E-state index >= 15 is 0 Å². The normalized spacial score (nSPS) is 31.3. The van der Waals surface area contributed by atoms with Crippen LogP contribution in [0.2, 0.25) is 0 Å². The molecule has 0 bridgehead atoms. The standard InChI is InChI=1S/C18H27NO2/c1-18(2)11-16(15-5-3-4-6-17(15)21-18)19-12-13-7-9-14(20)10-8-13/h3-6,13-14,16,19-20H,7-12H2,1-2H3. The van der Waals surface area contributed by atoms with Crippen molar-refractivity contribution in [1.29, 1.82) is 0 Å². The van der Waals surface area contributed by atoms with E-state index in [0.29, 0.717) is 12.0 Å². The summed E-state index contributed by atoms with van der Waals surface area (Å²) in [6.07, 6.45) is 5.14. The summed E-state index contributed by atoms with van der Waals surface area (Å²) in [5.41, 5.74) is 1.17. The number of nitrogens with one attached hydrogen (secondary N) is 1. The van der Waals surface area contributed by atoms with Crippen molar-refractivity contribution in [3.8, 4) is 5.75 Å². The van der Waals surface area contributed by atoms with E-state index in [2.05, 4.69) is 37.4 Å². The van der Waals surface area contributed by atoms with Crippen molar-refractivity contribution in [2.75, 3.05) is 6.54 Å². The number of hydrogen-bond donors (Lipinski definition) is 2. The SMILES string of the molecule is CC1(C)CC(NCC2CCC(O)CC2)c2ccccc2O1. The highest BCUT2D eigenvalue weighted by molar-refractivity contribution is 5.38. The molecule has 1 saturated carbocycles. The molecule has 21 heavy (non-hydrogen) atoms. The van der Waals surface area contributed by atoms with Gasteiger partial charge in [0, 0.05) is 18.0 Å². The van der Waals surface area contributed by atoms with E-state index in [4.69, 9.17) is 4.74 Å². The summed E-state index contributed by atoms with van der Waals surface area (Å²) >= 11 is 0. The van der Waals surface area contributed by atoms with Gasteiger partial charge in [0.25, 0.3) is 0 Å². The number of fused-ring (bicyclic) bond motifs is 1. The zero-order chi connectivity index (χ0) is 14.9. The molecule has 2 aliphatic rings. The third-order valence-corrected chi connectivity index (χ3v) is 4.85. The van der Waals surface area contributed by atoms with Gasteiger partial charge >= 0.3 is 0 Å². The summed E-state index contributed by atoms with van der Waals surface area (Å²) in [6.45, 7) is 5.37. The molecule has 1 unspecified atom stereocenters. The molecule has 1 aliphatic heterocycles. The van der Waals surface area contributed by atoms with Gasteiger partial charge in [0.1, 0.15) is 11.4 Å². The van der Waals surface area contributed by atoms with Gasteiger partial charge in [-0.1, -0.05) is 18.2 Å². The monoisotopic (exact) mass is 289 g/mol. The van der Waals surface area contributed by atoms with E-state index in [1.54, 1.807) is 0 Å². The zero-order valence-electron chi connectivity index (χ0n) is 13.1. The predicted octanol–water partition coefficient (Wildman–Crippen LogP) is 3.43. The second kappa shape index (κ2) is 5.98. The summed E-state index contributed by atoms with van der Waals surface area (Å²) in [4.78, 5) is 0. The third-order valence-electron chi connectivity index (χ3n) is 4.85. The minimum atomic E-state index is -0.116. The van der Waals surface area contributed by atoms with Crippen LogP contribution in [0.3, 0.4) is 0 Å². The van der Waals surface area contributed by atoms with Crippen LogP contribution in [0.5, 0.6) is 5.75 Å². The van der Waals surface area contributed by atoms with Gasteiger partial charge in [-0.2, -0.15) is 0 Å². The van der Waals surface area contributed by atoms with Crippen LogP contribution in [-0.2, 0) is 0 Å². The Morgan fingerprint density at radius 3 is 2.67 bits per heavy atom. The maximum Gasteiger partial charge on any atom is 0.124 e.